The second kappa shape index (κ2) is 6.73. The molecule has 1 aromatic carbocycles. The predicted molar refractivity (Wildman–Crippen MR) is 69.9 cm³/mol. The van der Waals surface area contributed by atoms with E-state index in [1.807, 2.05) is 37.4 Å². The summed E-state index contributed by atoms with van der Waals surface area (Å²) >= 11 is 0. The molecule has 0 aliphatic heterocycles. The quantitative estimate of drug-likeness (QED) is 0.745. The summed E-state index contributed by atoms with van der Waals surface area (Å²) < 4.78 is 16.7. The monoisotopic (exact) mass is 251 g/mol. The molecular formula is C14H21NO3. The Balaban J connectivity index is 1.84. The minimum Gasteiger partial charge on any atom is -0.488 e. The van der Waals surface area contributed by atoms with Gasteiger partial charge in [0.05, 0.1) is 13.2 Å². The van der Waals surface area contributed by atoms with E-state index < -0.39 is 0 Å². The zero-order valence-electron chi connectivity index (χ0n) is 11.0. The average Bonchev–Trinajstić information content (AvgIpc) is 2.40. The molecule has 1 saturated carbocycles. The van der Waals surface area contributed by atoms with Gasteiger partial charge < -0.3 is 19.5 Å². The van der Waals surface area contributed by atoms with E-state index in [1.54, 1.807) is 7.11 Å². The number of likely N-dealkylation sites (N-methyl/N-ethyl adjacent to an activating group) is 1. The highest BCUT2D eigenvalue weighted by Crippen LogP contribution is 2.28. The molecule has 2 rings (SSSR count). The molecule has 0 spiro atoms. The van der Waals surface area contributed by atoms with Gasteiger partial charge in [0.15, 0.2) is 0 Å². The van der Waals surface area contributed by atoms with E-state index in [9.17, 15) is 0 Å². The van der Waals surface area contributed by atoms with Crippen molar-refractivity contribution in [3.05, 3.63) is 30.3 Å². The Bertz CT molecular complexity index is 344. The summed E-state index contributed by atoms with van der Waals surface area (Å²) in [5.41, 5.74) is 0. The Morgan fingerprint density at radius 3 is 2.67 bits per heavy atom. The van der Waals surface area contributed by atoms with E-state index in [4.69, 9.17) is 14.2 Å². The summed E-state index contributed by atoms with van der Waals surface area (Å²) in [5.74, 6) is 0.900. The van der Waals surface area contributed by atoms with E-state index in [0.29, 0.717) is 19.3 Å². The molecule has 0 heterocycles. The molecule has 1 aromatic rings. The van der Waals surface area contributed by atoms with Crippen LogP contribution in [-0.2, 0) is 9.47 Å². The molecule has 18 heavy (non-hydrogen) atoms. The van der Waals surface area contributed by atoms with Gasteiger partial charge in [-0.25, -0.2) is 0 Å². The number of ether oxygens (including phenoxy) is 3. The maximum absolute atomic E-state index is 5.92. The zero-order chi connectivity index (χ0) is 12.8. The number of hydrogen-bond donors (Lipinski definition) is 1. The van der Waals surface area contributed by atoms with E-state index in [1.165, 1.54) is 0 Å². The second-order valence-electron chi connectivity index (χ2n) is 4.43. The number of hydrogen-bond acceptors (Lipinski definition) is 4. The maximum Gasteiger partial charge on any atom is 0.128 e. The van der Waals surface area contributed by atoms with Crippen molar-refractivity contribution in [2.75, 3.05) is 27.4 Å². The standard InChI is InChI=1S/C14H21NO3/c1-15-12-10-13(14(12)17-9-8-16-2)18-11-6-4-3-5-7-11/h3-7,12-15H,8-10H2,1-2H3. The van der Waals surface area contributed by atoms with Gasteiger partial charge >= 0.3 is 0 Å². The predicted octanol–water partition coefficient (Wildman–Crippen LogP) is 1.46. The van der Waals surface area contributed by atoms with Crippen LogP contribution in [0.1, 0.15) is 6.42 Å². The highest BCUT2D eigenvalue weighted by atomic mass is 16.6. The van der Waals surface area contributed by atoms with Crippen molar-refractivity contribution < 1.29 is 14.2 Å². The SMILES string of the molecule is CNC1CC(Oc2ccccc2)C1OCCOC. The van der Waals surface area contributed by atoms with E-state index >= 15 is 0 Å². The molecule has 1 fully saturated rings. The van der Waals surface area contributed by atoms with Crippen molar-refractivity contribution in [1.29, 1.82) is 0 Å². The lowest BCUT2D eigenvalue weighted by atomic mass is 9.85. The molecule has 4 nitrogen and oxygen atoms in total. The maximum atomic E-state index is 5.92. The normalized spacial score (nSPS) is 26.7. The molecule has 3 unspecified atom stereocenters. The van der Waals surface area contributed by atoms with Crippen molar-refractivity contribution in [1.82, 2.24) is 5.32 Å². The molecule has 3 atom stereocenters. The lowest BCUT2D eigenvalue weighted by molar-refractivity contribution is -0.114. The van der Waals surface area contributed by atoms with Crippen LogP contribution in [0.5, 0.6) is 5.75 Å². The van der Waals surface area contributed by atoms with Gasteiger partial charge in [0.2, 0.25) is 0 Å². The highest BCUT2D eigenvalue weighted by Gasteiger charge is 2.42. The first-order valence-electron chi connectivity index (χ1n) is 6.34. The molecule has 0 radical (unpaired) electrons. The molecule has 4 heteroatoms. The van der Waals surface area contributed by atoms with Crippen LogP contribution < -0.4 is 10.1 Å². The van der Waals surface area contributed by atoms with Crippen molar-refractivity contribution in [2.45, 2.75) is 24.7 Å². The van der Waals surface area contributed by atoms with Crippen LogP contribution in [0.15, 0.2) is 30.3 Å². The van der Waals surface area contributed by atoms with E-state index in [2.05, 4.69) is 5.32 Å². The number of rotatable bonds is 7. The molecule has 1 N–H and O–H groups in total. The number of benzene rings is 1. The fourth-order valence-electron chi connectivity index (χ4n) is 2.14. The third kappa shape index (κ3) is 3.22. The molecule has 100 valence electrons. The van der Waals surface area contributed by atoms with Crippen LogP contribution >= 0.6 is 0 Å². The fourth-order valence-corrected chi connectivity index (χ4v) is 2.14. The third-order valence-electron chi connectivity index (χ3n) is 3.25. The number of methoxy groups -OCH3 is 1. The van der Waals surface area contributed by atoms with Gasteiger partial charge in [0.1, 0.15) is 18.0 Å². The first-order valence-corrected chi connectivity index (χ1v) is 6.34. The van der Waals surface area contributed by atoms with Gasteiger partial charge in [-0.1, -0.05) is 18.2 Å². The lowest BCUT2D eigenvalue weighted by Gasteiger charge is -2.43. The molecule has 1 aliphatic carbocycles. The van der Waals surface area contributed by atoms with Gasteiger partial charge in [0, 0.05) is 19.6 Å². The van der Waals surface area contributed by atoms with E-state index in [-0.39, 0.29) is 12.2 Å². The van der Waals surface area contributed by atoms with Crippen LogP contribution in [0.3, 0.4) is 0 Å². The summed E-state index contributed by atoms with van der Waals surface area (Å²) in [7, 11) is 3.63. The average molecular weight is 251 g/mol. The summed E-state index contributed by atoms with van der Waals surface area (Å²) in [6, 6.07) is 10.2. The zero-order valence-corrected chi connectivity index (χ0v) is 11.0. The van der Waals surface area contributed by atoms with Crippen molar-refractivity contribution in [3.8, 4) is 5.75 Å². The van der Waals surface area contributed by atoms with Crippen LogP contribution in [0, 0.1) is 0 Å². The van der Waals surface area contributed by atoms with Gasteiger partial charge in [-0.2, -0.15) is 0 Å². The third-order valence-corrected chi connectivity index (χ3v) is 3.25. The molecule has 0 amide bonds. The van der Waals surface area contributed by atoms with Crippen LogP contribution in [0.2, 0.25) is 0 Å². The Morgan fingerprint density at radius 1 is 1.22 bits per heavy atom. The van der Waals surface area contributed by atoms with Gasteiger partial charge in [-0.15, -0.1) is 0 Å². The van der Waals surface area contributed by atoms with Gasteiger partial charge in [0.25, 0.3) is 0 Å². The minimum absolute atomic E-state index is 0.102. The van der Waals surface area contributed by atoms with Crippen LogP contribution in [-0.4, -0.2) is 45.6 Å². The van der Waals surface area contributed by atoms with Crippen LogP contribution in [0.4, 0.5) is 0 Å². The first kappa shape index (κ1) is 13.3. The number of para-hydroxylation sites is 1. The van der Waals surface area contributed by atoms with Gasteiger partial charge in [-0.3, -0.25) is 0 Å². The Hall–Kier alpha value is -1.10. The Morgan fingerprint density at radius 2 is 2.00 bits per heavy atom. The van der Waals surface area contributed by atoms with Gasteiger partial charge in [-0.05, 0) is 19.2 Å². The molecule has 0 saturated heterocycles. The van der Waals surface area contributed by atoms with Crippen molar-refractivity contribution in [3.63, 3.8) is 0 Å². The first-order chi connectivity index (χ1) is 8.85. The van der Waals surface area contributed by atoms with Crippen molar-refractivity contribution in [2.24, 2.45) is 0 Å². The highest BCUT2D eigenvalue weighted by molar-refractivity contribution is 5.22. The summed E-state index contributed by atoms with van der Waals surface area (Å²) in [6.07, 6.45) is 1.20. The largest absolute Gasteiger partial charge is 0.488 e. The minimum atomic E-state index is 0.102. The summed E-state index contributed by atoms with van der Waals surface area (Å²) in [4.78, 5) is 0. The molecule has 0 aromatic heterocycles. The molecule has 1 aliphatic rings. The molecule has 0 bridgehead atoms. The van der Waals surface area contributed by atoms with E-state index in [0.717, 1.165) is 12.2 Å². The topological polar surface area (TPSA) is 39.7 Å². The van der Waals surface area contributed by atoms with Crippen LogP contribution in [0.25, 0.3) is 0 Å². The Kier molecular flexibility index (Phi) is 4.99. The Labute approximate surface area is 108 Å². The van der Waals surface area contributed by atoms with Crippen molar-refractivity contribution >= 4 is 0 Å². The summed E-state index contributed by atoms with van der Waals surface area (Å²) in [5, 5.41) is 3.25. The smallest absolute Gasteiger partial charge is 0.128 e. The molecular weight excluding hydrogens is 230 g/mol. The summed E-state index contributed by atoms with van der Waals surface area (Å²) in [6.45, 7) is 1.22. The lowest BCUT2D eigenvalue weighted by Crippen LogP contribution is -2.60. The fraction of sp³-hybridized carbons (Fsp3) is 0.571. The number of nitrogens with one attached hydrogen (secondary N) is 1. The second-order valence-corrected chi connectivity index (χ2v) is 4.43.